The third kappa shape index (κ3) is 3.84. The van der Waals surface area contributed by atoms with Gasteiger partial charge in [0, 0.05) is 22.0 Å². The van der Waals surface area contributed by atoms with E-state index in [0.717, 1.165) is 10.6 Å². The molecule has 0 spiro atoms. The maximum absolute atomic E-state index is 5.80. The zero-order valence-corrected chi connectivity index (χ0v) is 13.4. The number of hydrogen-bond acceptors (Lipinski definition) is 3. The first-order valence-corrected chi connectivity index (χ1v) is 7.68. The lowest BCUT2D eigenvalue weighted by molar-refractivity contribution is 0.590. The van der Waals surface area contributed by atoms with Crippen molar-refractivity contribution >= 4 is 11.8 Å². The van der Waals surface area contributed by atoms with E-state index in [1.54, 1.807) is 11.8 Å². The van der Waals surface area contributed by atoms with Crippen LogP contribution in [0.2, 0.25) is 0 Å². The molecule has 2 N–H and O–H groups in total. The number of pyridine rings is 1. The standard InChI is InChI=1S/C17H22N2S/c1-12(18)16-10-9-15(11-19-16)20-14-7-5-13(6-8-14)17(2,3)4/h5-12H,18H2,1-4H3. The third-order valence-corrected chi connectivity index (χ3v) is 4.17. The Bertz CT molecular complexity index is 551. The first-order chi connectivity index (χ1) is 9.36. The van der Waals surface area contributed by atoms with Gasteiger partial charge in [0.05, 0.1) is 5.69 Å². The minimum atomic E-state index is -0.0138. The molecule has 0 saturated heterocycles. The summed E-state index contributed by atoms with van der Waals surface area (Å²) in [7, 11) is 0. The summed E-state index contributed by atoms with van der Waals surface area (Å²) >= 11 is 1.72. The summed E-state index contributed by atoms with van der Waals surface area (Å²) in [5.41, 5.74) is 8.28. The van der Waals surface area contributed by atoms with Crippen LogP contribution in [0.3, 0.4) is 0 Å². The lowest BCUT2D eigenvalue weighted by atomic mass is 9.87. The molecule has 2 aromatic rings. The van der Waals surface area contributed by atoms with Crippen LogP contribution in [0.25, 0.3) is 0 Å². The van der Waals surface area contributed by atoms with E-state index in [1.807, 2.05) is 19.2 Å². The van der Waals surface area contributed by atoms with Crippen LogP contribution in [-0.4, -0.2) is 4.98 Å². The Morgan fingerprint density at radius 2 is 1.60 bits per heavy atom. The summed E-state index contributed by atoms with van der Waals surface area (Å²) in [6.45, 7) is 8.63. The quantitative estimate of drug-likeness (QED) is 0.899. The van der Waals surface area contributed by atoms with E-state index < -0.39 is 0 Å². The molecule has 0 saturated carbocycles. The van der Waals surface area contributed by atoms with Gasteiger partial charge in [0.1, 0.15) is 0 Å². The van der Waals surface area contributed by atoms with Crippen LogP contribution in [0.1, 0.15) is 45.0 Å². The summed E-state index contributed by atoms with van der Waals surface area (Å²) in [6.07, 6.45) is 1.89. The maximum Gasteiger partial charge on any atom is 0.0569 e. The Balaban J connectivity index is 2.10. The smallest absolute Gasteiger partial charge is 0.0569 e. The van der Waals surface area contributed by atoms with Crippen LogP contribution < -0.4 is 5.73 Å². The molecule has 0 amide bonds. The molecule has 0 aliphatic heterocycles. The molecule has 1 aromatic heterocycles. The average Bonchev–Trinajstić information content (AvgIpc) is 2.39. The second-order valence-corrected chi connectivity index (χ2v) is 7.23. The van der Waals surface area contributed by atoms with Gasteiger partial charge in [-0.1, -0.05) is 44.7 Å². The van der Waals surface area contributed by atoms with Crippen LogP contribution in [0.4, 0.5) is 0 Å². The summed E-state index contributed by atoms with van der Waals surface area (Å²) in [5, 5.41) is 0. The van der Waals surface area contributed by atoms with Crippen LogP contribution in [0, 0.1) is 0 Å². The second-order valence-electron chi connectivity index (χ2n) is 6.08. The summed E-state index contributed by atoms with van der Waals surface area (Å²) in [6, 6.07) is 12.8. The van der Waals surface area contributed by atoms with Crippen LogP contribution in [0.15, 0.2) is 52.4 Å². The molecule has 0 aliphatic rings. The van der Waals surface area contributed by atoms with E-state index in [-0.39, 0.29) is 11.5 Å². The van der Waals surface area contributed by atoms with Gasteiger partial charge in [-0.05, 0) is 42.2 Å². The molecule has 2 rings (SSSR count). The maximum atomic E-state index is 5.80. The topological polar surface area (TPSA) is 38.9 Å². The molecular weight excluding hydrogens is 264 g/mol. The highest BCUT2D eigenvalue weighted by Gasteiger charge is 2.13. The number of nitrogens with two attached hydrogens (primary N) is 1. The van der Waals surface area contributed by atoms with E-state index in [0.29, 0.717) is 0 Å². The van der Waals surface area contributed by atoms with Crippen molar-refractivity contribution in [2.45, 2.75) is 48.9 Å². The molecule has 1 heterocycles. The van der Waals surface area contributed by atoms with Crippen molar-refractivity contribution in [2.75, 3.05) is 0 Å². The van der Waals surface area contributed by atoms with Gasteiger partial charge in [-0.25, -0.2) is 0 Å². The Labute approximate surface area is 125 Å². The molecule has 0 radical (unpaired) electrons. The summed E-state index contributed by atoms with van der Waals surface area (Å²) in [5.74, 6) is 0. The van der Waals surface area contributed by atoms with Crippen molar-refractivity contribution in [3.8, 4) is 0 Å². The van der Waals surface area contributed by atoms with Crippen LogP contribution >= 0.6 is 11.8 Å². The average molecular weight is 286 g/mol. The second kappa shape index (κ2) is 5.98. The van der Waals surface area contributed by atoms with E-state index in [1.165, 1.54) is 10.5 Å². The van der Waals surface area contributed by atoms with Crippen molar-refractivity contribution in [3.63, 3.8) is 0 Å². The van der Waals surface area contributed by atoms with E-state index in [9.17, 15) is 0 Å². The Kier molecular flexibility index (Phi) is 4.51. The lowest BCUT2D eigenvalue weighted by Gasteiger charge is -2.19. The summed E-state index contributed by atoms with van der Waals surface area (Å²) < 4.78 is 0. The van der Waals surface area contributed by atoms with Crippen molar-refractivity contribution in [1.29, 1.82) is 0 Å². The van der Waals surface area contributed by atoms with Crippen LogP contribution in [-0.2, 0) is 5.41 Å². The van der Waals surface area contributed by atoms with Crippen molar-refractivity contribution in [2.24, 2.45) is 5.73 Å². The highest BCUT2D eigenvalue weighted by molar-refractivity contribution is 7.99. The van der Waals surface area contributed by atoms with Crippen molar-refractivity contribution in [1.82, 2.24) is 4.98 Å². The molecule has 3 heteroatoms. The van der Waals surface area contributed by atoms with Gasteiger partial charge in [-0.3, -0.25) is 4.98 Å². The van der Waals surface area contributed by atoms with Gasteiger partial charge in [0.2, 0.25) is 0 Å². The largest absolute Gasteiger partial charge is 0.323 e. The van der Waals surface area contributed by atoms with Gasteiger partial charge in [-0.15, -0.1) is 0 Å². The first-order valence-electron chi connectivity index (χ1n) is 6.86. The molecule has 0 bridgehead atoms. The monoisotopic (exact) mass is 286 g/mol. The highest BCUT2D eigenvalue weighted by atomic mass is 32.2. The normalized spacial score (nSPS) is 13.2. The fourth-order valence-electron chi connectivity index (χ4n) is 1.88. The van der Waals surface area contributed by atoms with Gasteiger partial charge in [0.15, 0.2) is 0 Å². The molecule has 0 aliphatic carbocycles. The fourth-order valence-corrected chi connectivity index (χ4v) is 2.67. The number of rotatable bonds is 3. The van der Waals surface area contributed by atoms with Crippen molar-refractivity contribution < 1.29 is 0 Å². The lowest BCUT2D eigenvalue weighted by Crippen LogP contribution is -2.10. The minimum absolute atomic E-state index is 0.0138. The first kappa shape index (κ1) is 15.1. The van der Waals surface area contributed by atoms with Gasteiger partial charge < -0.3 is 5.73 Å². The molecule has 1 aromatic carbocycles. The van der Waals surface area contributed by atoms with Gasteiger partial charge >= 0.3 is 0 Å². The Hall–Kier alpha value is -1.32. The van der Waals surface area contributed by atoms with Crippen molar-refractivity contribution in [3.05, 3.63) is 53.9 Å². The zero-order chi connectivity index (χ0) is 14.8. The molecule has 20 heavy (non-hydrogen) atoms. The predicted molar refractivity (Wildman–Crippen MR) is 86.1 cm³/mol. The Morgan fingerprint density at radius 1 is 1.00 bits per heavy atom. The van der Waals surface area contributed by atoms with E-state index in [2.05, 4.69) is 56.1 Å². The number of nitrogens with zero attached hydrogens (tertiary/aromatic N) is 1. The molecular formula is C17H22N2S. The number of benzene rings is 1. The zero-order valence-electron chi connectivity index (χ0n) is 12.6. The Morgan fingerprint density at radius 3 is 2.05 bits per heavy atom. The molecule has 1 atom stereocenters. The highest BCUT2D eigenvalue weighted by Crippen LogP contribution is 2.30. The molecule has 106 valence electrons. The molecule has 2 nitrogen and oxygen atoms in total. The van der Waals surface area contributed by atoms with E-state index in [4.69, 9.17) is 5.73 Å². The minimum Gasteiger partial charge on any atom is -0.323 e. The fraction of sp³-hybridized carbons (Fsp3) is 0.353. The summed E-state index contributed by atoms with van der Waals surface area (Å²) in [4.78, 5) is 6.75. The SMILES string of the molecule is CC(N)c1ccc(Sc2ccc(C(C)(C)C)cc2)cn1. The van der Waals surface area contributed by atoms with E-state index >= 15 is 0 Å². The van der Waals surface area contributed by atoms with Crippen LogP contribution in [0.5, 0.6) is 0 Å². The number of aromatic nitrogens is 1. The molecule has 0 fully saturated rings. The third-order valence-electron chi connectivity index (χ3n) is 3.18. The van der Waals surface area contributed by atoms with Gasteiger partial charge in [0.25, 0.3) is 0 Å². The van der Waals surface area contributed by atoms with Gasteiger partial charge in [-0.2, -0.15) is 0 Å². The predicted octanol–water partition coefficient (Wildman–Crippen LogP) is 4.55. The number of hydrogen-bond donors (Lipinski definition) is 1. The molecule has 1 unspecified atom stereocenters.